The summed E-state index contributed by atoms with van der Waals surface area (Å²) in [4.78, 5) is 2.72. The summed E-state index contributed by atoms with van der Waals surface area (Å²) in [5, 5.41) is 3.71. The van der Waals surface area contributed by atoms with Crippen LogP contribution in [0.4, 0.5) is 0 Å². The maximum Gasteiger partial charge on any atom is 0.0588 e. The Balaban J connectivity index is 1.93. The molecule has 2 heterocycles. The third kappa shape index (κ3) is 3.25. The smallest absolute Gasteiger partial charge is 0.0588 e. The van der Waals surface area contributed by atoms with Gasteiger partial charge in [-0.2, -0.15) is 0 Å². The lowest BCUT2D eigenvalue weighted by Crippen LogP contribution is -2.58. The number of nitrogens with zero attached hydrogens (tertiary/aromatic N) is 1. The lowest BCUT2D eigenvalue weighted by Gasteiger charge is -2.43. The Morgan fingerprint density at radius 2 is 2.17 bits per heavy atom. The number of piperazine rings is 1. The number of nitrogens with one attached hydrogen (secondary N) is 1. The first kappa shape index (κ1) is 14.3. The van der Waals surface area contributed by atoms with Crippen LogP contribution in [0.1, 0.15) is 40.5 Å². The van der Waals surface area contributed by atoms with Gasteiger partial charge >= 0.3 is 0 Å². The number of ether oxygens (including phenoxy) is 1. The monoisotopic (exact) mass is 254 g/mol. The average Bonchev–Trinajstić information content (AvgIpc) is 2.75. The van der Waals surface area contributed by atoms with Crippen LogP contribution in [-0.4, -0.2) is 49.3 Å². The Kier molecular flexibility index (Phi) is 5.05. The van der Waals surface area contributed by atoms with E-state index in [1.807, 2.05) is 0 Å². The molecule has 0 aromatic carbocycles. The molecule has 0 aliphatic carbocycles. The molecule has 0 bridgehead atoms. The van der Waals surface area contributed by atoms with Crippen LogP contribution < -0.4 is 5.32 Å². The number of hydrogen-bond donors (Lipinski definition) is 1. The minimum atomic E-state index is 0.454. The van der Waals surface area contributed by atoms with E-state index in [-0.39, 0.29) is 0 Å². The molecular formula is C15H30N2O. The molecule has 3 nitrogen and oxygen atoms in total. The van der Waals surface area contributed by atoms with E-state index in [1.54, 1.807) is 0 Å². The van der Waals surface area contributed by atoms with Gasteiger partial charge in [0, 0.05) is 38.3 Å². The summed E-state index contributed by atoms with van der Waals surface area (Å²) in [6.07, 6.45) is 2.95. The van der Waals surface area contributed by atoms with E-state index in [0.717, 1.165) is 25.0 Å². The van der Waals surface area contributed by atoms with Crippen molar-refractivity contribution in [3.05, 3.63) is 0 Å². The van der Waals surface area contributed by atoms with E-state index in [2.05, 4.69) is 37.9 Å². The highest BCUT2D eigenvalue weighted by Gasteiger charge is 2.32. The standard InChI is InChI=1S/C15H30N2O/c1-5-14-8-16-15(11(2)3)10-17(14)9-13-6-7-18-12(13)4/h11-16H,5-10H2,1-4H3. The highest BCUT2D eigenvalue weighted by Crippen LogP contribution is 2.24. The van der Waals surface area contributed by atoms with Crippen LogP contribution in [0.2, 0.25) is 0 Å². The van der Waals surface area contributed by atoms with Gasteiger partial charge in [-0.15, -0.1) is 0 Å². The SMILES string of the molecule is CCC1CNC(C(C)C)CN1CC1CCOC1C. The van der Waals surface area contributed by atoms with Crippen molar-refractivity contribution in [3.8, 4) is 0 Å². The summed E-state index contributed by atoms with van der Waals surface area (Å²) in [5.41, 5.74) is 0. The Morgan fingerprint density at radius 3 is 2.72 bits per heavy atom. The number of hydrogen-bond acceptors (Lipinski definition) is 3. The zero-order chi connectivity index (χ0) is 13.1. The van der Waals surface area contributed by atoms with Gasteiger partial charge in [0.25, 0.3) is 0 Å². The second kappa shape index (κ2) is 6.36. The zero-order valence-corrected chi connectivity index (χ0v) is 12.5. The lowest BCUT2D eigenvalue weighted by atomic mass is 9.95. The Bertz CT molecular complexity index is 257. The van der Waals surface area contributed by atoms with Gasteiger partial charge in [-0.05, 0) is 31.6 Å². The summed E-state index contributed by atoms with van der Waals surface area (Å²) in [6.45, 7) is 13.7. The molecule has 0 aromatic heterocycles. The van der Waals surface area contributed by atoms with Crippen molar-refractivity contribution in [1.29, 1.82) is 0 Å². The molecule has 0 aromatic rings. The molecule has 18 heavy (non-hydrogen) atoms. The van der Waals surface area contributed by atoms with Gasteiger partial charge in [-0.25, -0.2) is 0 Å². The first-order valence-corrected chi connectivity index (χ1v) is 7.70. The van der Waals surface area contributed by atoms with Gasteiger partial charge in [0.05, 0.1) is 6.10 Å². The summed E-state index contributed by atoms with van der Waals surface area (Å²) in [7, 11) is 0. The molecule has 0 amide bonds. The fraction of sp³-hybridized carbons (Fsp3) is 1.00. The molecule has 3 heteroatoms. The lowest BCUT2D eigenvalue weighted by molar-refractivity contribution is 0.0604. The predicted molar refractivity (Wildman–Crippen MR) is 75.8 cm³/mol. The van der Waals surface area contributed by atoms with Gasteiger partial charge in [-0.1, -0.05) is 20.8 Å². The number of rotatable bonds is 4. The third-order valence-electron chi connectivity index (χ3n) is 4.84. The first-order valence-electron chi connectivity index (χ1n) is 7.70. The van der Waals surface area contributed by atoms with E-state index in [0.29, 0.717) is 18.2 Å². The van der Waals surface area contributed by atoms with Crippen molar-refractivity contribution in [1.82, 2.24) is 10.2 Å². The maximum absolute atomic E-state index is 5.71. The van der Waals surface area contributed by atoms with Crippen molar-refractivity contribution in [2.24, 2.45) is 11.8 Å². The maximum atomic E-state index is 5.71. The van der Waals surface area contributed by atoms with Crippen LogP contribution in [0.5, 0.6) is 0 Å². The molecule has 2 saturated heterocycles. The largest absolute Gasteiger partial charge is 0.378 e. The summed E-state index contributed by atoms with van der Waals surface area (Å²) >= 11 is 0. The quantitative estimate of drug-likeness (QED) is 0.832. The van der Waals surface area contributed by atoms with Crippen molar-refractivity contribution in [2.45, 2.75) is 58.7 Å². The summed E-state index contributed by atoms with van der Waals surface area (Å²) in [6, 6.07) is 1.37. The van der Waals surface area contributed by atoms with Crippen LogP contribution in [0.3, 0.4) is 0 Å². The molecule has 0 spiro atoms. The van der Waals surface area contributed by atoms with Crippen LogP contribution in [0, 0.1) is 11.8 Å². The topological polar surface area (TPSA) is 24.5 Å². The first-order chi connectivity index (χ1) is 8.61. The van der Waals surface area contributed by atoms with Gasteiger partial charge in [0.15, 0.2) is 0 Å². The second-order valence-corrected chi connectivity index (χ2v) is 6.40. The fourth-order valence-electron chi connectivity index (χ4n) is 3.27. The van der Waals surface area contributed by atoms with Crippen molar-refractivity contribution >= 4 is 0 Å². The van der Waals surface area contributed by atoms with Crippen LogP contribution in [0.15, 0.2) is 0 Å². The van der Waals surface area contributed by atoms with Gasteiger partial charge in [0.1, 0.15) is 0 Å². The predicted octanol–water partition coefficient (Wildman–Crippen LogP) is 2.12. The van der Waals surface area contributed by atoms with Crippen molar-refractivity contribution in [2.75, 3.05) is 26.2 Å². The van der Waals surface area contributed by atoms with Gasteiger partial charge in [0.2, 0.25) is 0 Å². The molecule has 4 atom stereocenters. The van der Waals surface area contributed by atoms with Gasteiger partial charge in [-0.3, -0.25) is 4.90 Å². The molecule has 1 N–H and O–H groups in total. The normalized spacial score (nSPS) is 38.5. The molecule has 4 unspecified atom stereocenters. The van der Waals surface area contributed by atoms with Crippen molar-refractivity contribution < 1.29 is 4.74 Å². The van der Waals surface area contributed by atoms with E-state index >= 15 is 0 Å². The molecule has 2 aliphatic heterocycles. The zero-order valence-electron chi connectivity index (χ0n) is 12.5. The Labute approximate surface area is 112 Å². The van der Waals surface area contributed by atoms with Crippen LogP contribution >= 0.6 is 0 Å². The van der Waals surface area contributed by atoms with Crippen LogP contribution in [-0.2, 0) is 4.74 Å². The molecule has 2 aliphatic rings. The Hall–Kier alpha value is -0.120. The minimum Gasteiger partial charge on any atom is -0.378 e. The van der Waals surface area contributed by atoms with E-state index < -0.39 is 0 Å². The minimum absolute atomic E-state index is 0.454. The van der Waals surface area contributed by atoms with E-state index in [1.165, 1.54) is 25.9 Å². The van der Waals surface area contributed by atoms with Crippen molar-refractivity contribution in [3.63, 3.8) is 0 Å². The Morgan fingerprint density at radius 1 is 1.39 bits per heavy atom. The van der Waals surface area contributed by atoms with Crippen LogP contribution in [0.25, 0.3) is 0 Å². The summed E-state index contributed by atoms with van der Waals surface area (Å²) in [5.74, 6) is 1.47. The van der Waals surface area contributed by atoms with Gasteiger partial charge < -0.3 is 10.1 Å². The van der Waals surface area contributed by atoms with E-state index in [4.69, 9.17) is 4.74 Å². The molecule has 2 fully saturated rings. The molecular weight excluding hydrogens is 224 g/mol. The fourth-order valence-corrected chi connectivity index (χ4v) is 3.27. The highest BCUT2D eigenvalue weighted by atomic mass is 16.5. The molecule has 0 saturated carbocycles. The van der Waals surface area contributed by atoms with E-state index in [9.17, 15) is 0 Å². The third-order valence-corrected chi connectivity index (χ3v) is 4.84. The molecule has 0 radical (unpaired) electrons. The summed E-state index contributed by atoms with van der Waals surface area (Å²) < 4.78 is 5.71. The highest BCUT2D eigenvalue weighted by molar-refractivity contribution is 4.89. The second-order valence-electron chi connectivity index (χ2n) is 6.40. The molecule has 2 rings (SSSR count). The molecule has 106 valence electrons. The average molecular weight is 254 g/mol.